The van der Waals surface area contributed by atoms with Crippen molar-refractivity contribution in [2.75, 3.05) is 46.7 Å². The summed E-state index contributed by atoms with van der Waals surface area (Å²) in [4.78, 5) is 6.59. The van der Waals surface area contributed by atoms with Gasteiger partial charge < -0.3 is 19.7 Å². The van der Waals surface area contributed by atoms with Gasteiger partial charge in [-0.15, -0.1) is 0 Å². The number of rotatable bonds is 7. The standard InChI is InChI=1S/C16H23N3O2/c1-19(2)9-5-7-17-14-6-8-18-16-13(14)10-12(20-3)11-15(16)21-4/h6,8,10-11H,5,7,9H2,1-4H3,(H,17,18). The van der Waals surface area contributed by atoms with Crippen LogP contribution in [0, 0.1) is 0 Å². The van der Waals surface area contributed by atoms with Crippen molar-refractivity contribution in [3.05, 3.63) is 24.4 Å². The van der Waals surface area contributed by atoms with E-state index in [2.05, 4.69) is 29.3 Å². The molecule has 5 nitrogen and oxygen atoms in total. The van der Waals surface area contributed by atoms with E-state index < -0.39 is 0 Å². The first-order valence-electron chi connectivity index (χ1n) is 7.05. The third kappa shape index (κ3) is 3.76. The molecule has 1 aromatic carbocycles. The molecule has 0 bridgehead atoms. The number of benzene rings is 1. The number of hydrogen-bond donors (Lipinski definition) is 1. The predicted octanol–water partition coefficient (Wildman–Crippen LogP) is 2.62. The largest absolute Gasteiger partial charge is 0.497 e. The molecule has 1 aromatic heterocycles. The molecule has 1 N–H and O–H groups in total. The molecule has 0 radical (unpaired) electrons. The molecule has 1 heterocycles. The van der Waals surface area contributed by atoms with Gasteiger partial charge in [0.2, 0.25) is 0 Å². The van der Waals surface area contributed by atoms with Crippen LogP contribution < -0.4 is 14.8 Å². The van der Waals surface area contributed by atoms with Crippen LogP contribution in [0.5, 0.6) is 11.5 Å². The molecule has 0 atom stereocenters. The summed E-state index contributed by atoms with van der Waals surface area (Å²) < 4.78 is 10.7. The molecule has 0 amide bonds. The van der Waals surface area contributed by atoms with Crippen molar-refractivity contribution in [3.8, 4) is 11.5 Å². The Labute approximate surface area is 125 Å². The molecule has 0 unspecified atom stereocenters. The monoisotopic (exact) mass is 289 g/mol. The van der Waals surface area contributed by atoms with Crippen LogP contribution in [0.25, 0.3) is 10.9 Å². The number of methoxy groups -OCH3 is 2. The van der Waals surface area contributed by atoms with Gasteiger partial charge in [-0.1, -0.05) is 0 Å². The van der Waals surface area contributed by atoms with Gasteiger partial charge in [0.05, 0.1) is 14.2 Å². The highest BCUT2D eigenvalue weighted by Crippen LogP contribution is 2.33. The summed E-state index contributed by atoms with van der Waals surface area (Å²) in [7, 11) is 7.46. The molecule has 0 saturated carbocycles. The van der Waals surface area contributed by atoms with Crippen LogP contribution in [-0.2, 0) is 0 Å². The van der Waals surface area contributed by atoms with E-state index in [4.69, 9.17) is 9.47 Å². The first-order chi connectivity index (χ1) is 10.2. The molecule has 0 fully saturated rings. The number of nitrogens with zero attached hydrogens (tertiary/aromatic N) is 2. The molecule has 2 rings (SSSR count). The Hall–Kier alpha value is -2.01. The minimum Gasteiger partial charge on any atom is -0.497 e. The van der Waals surface area contributed by atoms with E-state index in [9.17, 15) is 0 Å². The number of fused-ring (bicyclic) bond motifs is 1. The molecule has 21 heavy (non-hydrogen) atoms. The van der Waals surface area contributed by atoms with Gasteiger partial charge in [-0.25, -0.2) is 0 Å². The molecule has 5 heteroatoms. The number of hydrogen-bond acceptors (Lipinski definition) is 5. The van der Waals surface area contributed by atoms with Crippen molar-refractivity contribution in [1.29, 1.82) is 0 Å². The predicted molar refractivity (Wildman–Crippen MR) is 86.5 cm³/mol. The minimum atomic E-state index is 0.723. The SMILES string of the molecule is COc1cc(OC)c2nccc(NCCCN(C)C)c2c1. The lowest BCUT2D eigenvalue weighted by Crippen LogP contribution is -2.16. The first-order valence-corrected chi connectivity index (χ1v) is 7.05. The molecular formula is C16H23N3O2. The van der Waals surface area contributed by atoms with Gasteiger partial charge in [-0.3, -0.25) is 4.98 Å². The lowest BCUT2D eigenvalue weighted by Gasteiger charge is -2.14. The maximum Gasteiger partial charge on any atom is 0.148 e. The van der Waals surface area contributed by atoms with Gasteiger partial charge in [-0.05, 0) is 39.2 Å². The third-order valence-electron chi connectivity index (χ3n) is 3.34. The molecule has 114 valence electrons. The van der Waals surface area contributed by atoms with Crippen molar-refractivity contribution in [2.24, 2.45) is 0 Å². The topological polar surface area (TPSA) is 46.6 Å². The van der Waals surface area contributed by atoms with Crippen LogP contribution in [0.15, 0.2) is 24.4 Å². The zero-order valence-corrected chi connectivity index (χ0v) is 13.1. The highest BCUT2D eigenvalue weighted by atomic mass is 16.5. The fourth-order valence-electron chi connectivity index (χ4n) is 2.24. The number of anilines is 1. The third-order valence-corrected chi connectivity index (χ3v) is 3.34. The van der Waals surface area contributed by atoms with E-state index in [0.29, 0.717) is 0 Å². The van der Waals surface area contributed by atoms with E-state index in [1.807, 2.05) is 18.2 Å². The van der Waals surface area contributed by atoms with Crippen LogP contribution in [0.3, 0.4) is 0 Å². The van der Waals surface area contributed by atoms with Gasteiger partial charge in [0.25, 0.3) is 0 Å². The lowest BCUT2D eigenvalue weighted by atomic mass is 10.1. The van der Waals surface area contributed by atoms with Crippen LogP contribution in [0.2, 0.25) is 0 Å². The average Bonchev–Trinajstić information content (AvgIpc) is 2.50. The quantitative estimate of drug-likeness (QED) is 0.794. The molecule has 0 spiro atoms. The molecule has 0 saturated heterocycles. The normalized spacial score (nSPS) is 10.9. The Morgan fingerprint density at radius 1 is 1.19 bits per heavy atom. The number of pyridine rings is 1. The molecule has 0 aliphatic carbocycles. The van der Waals surface area contributed by atoms with E-state index in [0.717, 1.165) is 47.6 Å². The number of nitrogens with one attached hydrogen (secondary N) is 1. The van der Waals surface area contributed by atoms with Crippen LogP contribution in [-0.4, -0.2) is 51.3 Å². The van der Waals surface area contributed by atoms with Crippen molar-refractivity contribution in [3.63, 3.8) is 0 Å². The van der Waals surface area contributed by atoms with E-state index >= 15 is 0 Å². The average molecular weight is 289 g/mol. The summed E-state index contributed by atoms with van der Waals surface area (Å²) in [6.07, 6.45) is 2.88. The Bertz CT molecular complexity index is 599. The summed E-state index contributed by atoms with van der Waals surface area (Å²) >= 11 is 0. The summed E-state index contributed by atoms with van der Waals surface area (Å²) in [5.74, 6) is 1.49. The summed E-state index contributed by atoms with van der Waals surface area (Å²) in [5, 5.41) is 4.48. The Kier molecular flexibility index (Phi) is 5.22. The van der Waals surface area contributed by atoms with Gasteiger partial charge in [0.1, 0.15) is 17.0 Å². The molecule has 2 aromatic rings. The number of ether oxygens (including phenoxy) is 2. The minimum absolute atomic E-state index is 0.723. The smallest absolute Gasteiger partial charge is 0.148 e. The molecule has 0 aliphatic heterocycles. The molecule has 0 aliphatic rings. The Balaban J connectivity index is 2.27. The second kappa shape index (κ2) is 7.13. The highest BCUT2D eigenvalue weighted by molar-refractivity contribution is 5.95. The fraction of sp³-hybridized carbons (Fsp3) is 0.438. The van der Waals surface area contributed by atoms with Crippen molar-refractivity contribution in [1.82, 2.24) is 9.88 Å². The van der Waals surface area contributed by atoms with Crippen LogP contribution in [0.1, 0.15) is 6.42 Å². The molecular weight excluding hydrogens is 266 g/mol. The summed E-state index contributed by atoms with van der Waals surface area (Å²) in [6.45, 7) is 1.97. The fourth-order valence-corrected chi connectivity index (χ4v) is 2.24. The number of aromatic nitrogens is 1. The maximum atomic E-state index is 5.41. The zero-order chi connectivity index (χ0) is 15.2. The highest BCUT2D eigenvalue weighted by Gasteiger charge is 2.09. The lowest BCUT2D eigenvalue weighted by molar-refractivity contribution is 0.397. The zero-order valence-electron chi connectivity index (χ0n) is 13.1. The van der Waals surface area contributed by atoms with E-state index in [-0.39, 0.29) is 0 Å². The summed E-state index contributed by atoms with van der Waals surface area (Å²) in [6, 6.07) is 5.82. The van der Waals surface area contributed by atoms with E-state index in [1.54, 1.807) is 20.4 Å². The van der Waals surface area contributed by atoms with Crippen LogP contribution >= 0.6 is 0 Å². The van der Waals surface area contributed by atoms with Gasteiger partial charge in [0, 0.05) is 29.9 Å². The van der Waals surface area contributed by atoms with Gasteiger partial charge in [0.15, 0.2) is 0 Å². The van der Waals surface area contributed by atoms with Crippen LogP contribution in [0.4, 0.5) is 5.69 Å². The Morgan fingerprint density at radius 2 is 2.00 bits per heavy atom. The maximum absolute atomic E-state index is 5.41. The van der Waals surface area contributed by atoms with Crippen molar-refractivity contribution < 1.29 is 9.47 Å². The first kappa shape index (κ1) is 15.4. The van der Waals surface area contributed by atoms with Crippen molar-refractivity contribution in [2.45, 2.75) is 6.42 Å². The second-order valence-corrected chi connectivity index (χ2v) is 5.17. The van der Waals surface area contributed by atoms with Gasteiger partial charge >= 0.3 is 0 Å². The van der Waals surface area contributed by atoms with Gasteiger partial charge in [-0.2, -0.15) is 0 Å². The Morgan fingerprint density at radius 3 is 2.67 bits per heavy atom. The summed E-state index contributed by atoms with van der Waals surface area (Å²) in [5.41, 5.74) is 1.90. The van der Waals surface area contributed by atoms with E-state index in [1.165, 1.54) is 0 Å². The second-order valence-electron chi connectivity index (χ2n) is 5.17. The van der Waals surface area contributed by atoms with Crippen molar-refractivity contribution >= 4 is 16.6 Å².